The Morgan fingerprint density at radius 3 is 2.64 bits per heavy atom. The van der Waals surface area contributed by atoms with Crippen LogP contribution in [0.5, 0.6) is 0 Å². The highest BCUT2D eigenvalue weighted by Gasteiger charge is 2.24. The van der Waals surface area contributed by atoms with Crippen LogP contribution in [-0.2, 0) is 0 Å². The monoisotopic (exact) mass is 340 g/mol. The van der Waals surface area contributed by atoms with E-state index in [4.69, 9.17) is 0 Å². The Morgan fingerprint density at radius 1 is 1.16 bits per heavy atom. The van der Waals surface area contributed by atoms with Gasteiger partial charge in [-0.25, -0.2) is 9.78 Å². The largest absolute Gasteiger partial charge is 0.340 e. The van der Waals surface area contributed by atoms with Gasteiger partial charge in [-0.1, -0.05) is 17.7 Å². The highest BCUT2D eigenvalue weighted by Crippen LogP contribution is 2.19. The van der Waals surface area contributed by atoms with Crippen LogP contribution in [0, 0.1) is 6.92 Å². The van der Waals surface area contributed by atoms with Gasteiger partial charge in [0.1, 0.15) is 5.82 Å². The number of aryl methyl sites for hydroxylation is 1. The Balaban J connectivity index is 1.72. The maximum absolute atomic E-state index is 12.2. The summed E-state index contributed by atoms with van der Waals surface area (Å²) in [6.45, 7) is 4.16. The third-order valence-electron chi connectivity index (χ3n) is 4.10. The molecule has 132 valence electrons. The zero-order valence-electron chi connectivity index (χ0n) is 14.9. The number of anilines is 3. The minimum absolute atomic E-state index is 0.0126. The highest BCUT2D eigenvalue weighted by molar-refractivity contribution is 5.74. The van der Waals surface area contributed by atoms with Crippen molar-refractivity contribution in [2.45, 2.75) is 13.3 Å². The average Bonchev–Trinajstić information content (AvgIpc) is 2.63. The van der Waals surface area contributed by atoms with Crippen LogP contribution in [0.1, 0.15) is 12.0 Å². The Labute approximate surface area is 148 Å². The van der Waals surface area contributed by atoms with E-state index in [1.807, 2.05) is 28.0 Å². The number of aromatic nitrogens is 2. The molecule has 1 saturated heterocycles. The molecule has 7 nitrogen and oxygen atoms in total. The smallest absolute Gasteiger partial charge is 0.320 e. The SMILES string of the molecule is Cc1ccc(Nc2ccnc(N3CCCN(C(=O)N(C)C)C3)n2)cc1. The molecule has 1 aliphatic rings. The number of amides is 2. The fraction of sp³-hybridized carbons (Fsp3) is 0.389. The Kier molecular flexibility index (Phi) is 5.02. The molecule has 3 rings (SSSR count). The molecular formula is C18H24N6O. The van der Waals surface area contributed by atoms with E-state index in [1.165, 1.54) is 5.56 Å². The number of nitrogens with zero attached hydrogens (tertiary/aromatic N) is 5. The van der Waals surface area contributed by atoms with E-state index in [0.29, 0.717) is 12.6 Å². The van der Waals surface area contributed by atoms with Crippen molar-refractivity contribution < 1.29 is 4.79 Å². The van der Waals surface area contributed by atoms with E-state index in [1.54, 1.807) is 25.2 Å². The molecule has 0 radical (unpaired) electrons. The van der Waals surface area contributed by atoms with Gasteiger partial charge < -0.3 is 20.0 Å². The van der Waals surface area contributed by atoms with Crippen molar-refractivity contribution in [2.24, 2.45) is 0 Å². The minimum atomic E-state index is 0.0126. The summed E-state index contributed by atoms with van der Waals surface area (Å²) in [5.74, 6) is 1.37. The number of nitrogens with one attached hydrogen (secondary N) is 1. The van der Waals surface area contributed by atoms with Gasteiger partial charge in [0.2, 0.25) is 5.95 Å². The topological polar surface area (TPSA) is 64.6 Å². The van der Waals surface area contributed by atoms with E-state index in [-0.39, 0.29) is 6.03 Å². The summed E-state index contributed by atoms with van der Waals surface area (Å²) >= 11 is 0. The predicted octanol–water partition coefficient (Wildman–Crippen LogP) is 2.68. The maximum Gasteiger partial charge on any atom is 0.320 e. The van der Waals surface area contributed by atoms with Crippen LogP contribution in [0.25, 0.3) is 0 Å². The molecule has 0 unspecified atom stereocenters. The van der Waals surface area contributed by atoms with Crippen LogP contribution in [0.15, 0.2) is 36.5 Å². The molecule has 0 atom stereocenters. The first-order valence-electron chi connectivity index (χ1n) is 8.41. The van der Waals surface area contributed by atoms with E-state index in [2.05, 4.69) is 34.3 Å². The molecule has 0 saturated carbocycles. The van der Waals surface area contributed by atoms with Gasteiger partial charge >= 0.3 is 6.03 Å². The van der Waals surface area contributed by atoms with Crippen molar-refractivity contribution in [3.8, 4) is 0 Å². The van der Waals surface area contributed by atoms with E-state index >= 15 is 0 Å². The number of hydrogen-bond acceptors (Lipinski definition) is 5. The van der Waals surface area contributed by atoms with Crippen LogP contribution in [0.2, 0.25) is 0 Å². The van der Waals surface area contributed by atoms with Crippen molar-refractivity contribution in [1.29, 1.82) is 0 Å². The first-order valence-corrected chi connectivity index (χ1v) is 8.41. The number of benzene rings is 1. The van der Waals surface area contributed by atoms with Crippen LogP contribution in [-0.4, -0.2) is 59.7 Å². The normalized spacial score (nSPS) is 14.4. The molecule has 0 aliphatic carbocycles. The molecule has 1 aromatic heterocycles. The fourth-order valence-electron chi connectivity index (χ4n) is 2.76. The van der Waals surface area contributed by atoms with Gasteiger partial charge in [0.15, 0.2) is 0 Å². The first kappa shape index (κ1) is 17.0. The Morgan fingerprint density at radius 2 is 1.92 bits per heavy atom. The zero-order valence-corrected chi connectivity index (χ0v) is 14.9. The van der Waals surface area contributed by atoms with Gasteiger partial charge in [-0.3, -0.25) is 0 Å². The Hall–Kier alpha value is -2.83. The number of rotatable bonds is 3. The summed E-state index contributed by atoms with van der Waals surface area (Å²) in [6.07, 6.45) is 2.64. The summed E-state index contributed by atoms with van der Waals surface area (Å²) in [5, 5.41) is 3.30. The average molecular weight is 340 g/mol. The molecule has 0 bridgehead atoms. The van der Waals surface area contributed by atoms with Crippen molar-refractivity contribution >= 4 is 23.5 Å². The van der Waals surface area contributed by atoms with Crippen LogP contribution < -0.4 is 10.2 Å². The Bertz CT molecular complexity index is 731. The molecule has 1 aromatic carbocycles. The molecule has 1 aliphatic heterocycles. The summed E-state index contributed by atoms with van der Waals surface area (Å²) in [5.41, 5.74) is 2.20. The standard InChI is InChI=1S/C18H24N6O/c1-14-5-7-15(8-6-14)20-16-9-10-19-17(21-16)23-11-4-12-24(13-23)18(25)22(2)3/h5-10H,4,11-13H2,1-3H3,(H,19,20,21). The van der Waals surface area contributed by atoms with E-state index in [9.17, 15) is 4.79 Å². The molecule has 7 heteroatoms. The summed E-state index contributed by atoms with van der Waals surface area (Å²) in [4.78, 5) is 26.6. The molecule has 25 heavy (non-hydrogen) atoms. The third-order valence-corrected chi connectivity index (χ3v) is 4.10. The quantitative estimate of drug-likeness (QED) is 0.931. The van der Waals surface area contributed by atoms with Gasteiger partial charge in [0.25, 0.3) is 0 Å². The second-order valence-corrected chi connectivity index (χ2v) is 6.43. The van der Waals surface area contributed by atoms with Crippen LogP contribution >= 0.6 is 0 Å². The second-order valence-electron chi connectivity index (χ2n) is 6.43. The third kappa shape index (κ3) is 4.17. The number of carbonyl (C=O) groups is 1. The van der Waals surface area contributed by atoms with Gasteiger partial charge in [-0.2, -0.15) is 4.98 Å². The molecule has 2 amide bonds. The number of urea groups is 1. The highest BCUT2D eigenvalue weighted by atomic mass is 16.2. The van der Waals surface area contributed by atoms with Gasteiger partial charge in [0, 0.05) is 39.1 Å². The molecule has 2 heterocycles. The molecule has 1 fully saturated rings. The molecular weight excluding hydrogens is 316 g/mol. The van der Waals surface area contributed by atoms with Crippen LogP contribution in [0.4, 0.5) is 22.2 Å². The lowest BCUT2D eigenvalue weighted by Gasteiger charge is -2.36. The maximum atomic E-state index is 12.2. The zero-order chi connectivity index (χ0) is 17.8. The molecule has 2 aromatic rings. The lowest BCUT2D eigenvalue weighted by Crippen LogP contribution is -2.51. The predicted molar refractivity (Wildman–Crippen MR) is 99.1 cm³/mol. The van der Waals surface area contributed by atoms with Crippen molar-refractivity contribution in [3.05, 3.63) is 42.1 Å². The van der Waals surface area contributed by atoms with Gasteiger partial charge in [0.05, 0.1) is 6.67 Å². The van der Waals surface area contributed by atoms with Crippen molar-refractivity contribution in [2.75, 3.05) is 44.1 Å². The van der Waals surface area contributed by atoms with Crippen molar-refractivity contribution in [3.63, 3.8) is 0 Å². The fourth-order valence-corrected chi connectivity index (χ4v) is 2.76. The summed E-state index contributed by atoms with van der Waals surface area (Å²) in [6, 6.07) is 10.0. The van der Waals surface area contributed by atoms with Crippen LogP contribution in [0.3, 0.4) is 0 Å². The van der Waals surface area contributed by atoms with Crippen molar-refractivity contribution in [1.82, 2.24) is 19.8 Å². The summed E-state index contributed by atoms with van der Waals surface area (Å²) in [7, 11) is 3.54. The van der Waals surface area contributed by atoms with Gasteiger partial charge in [-0.15, -0.1) is 0 Å². The second kappa shape index (κ2) is 7.38. The number of carbonyl (C=O) groups excluding carboxylic acids is 1. The molecule has 0 spiro atoms. The number of hydrogen-bond donors (Lipinski definition) is 1. The van der Waals surface area contributed by atoms with Gasteiger partial charge in [-0.05, 0) is 31.5 Å². The minimum Gasteiger partial charge on any atom is -0.340 e. The van der Waals surface area contributed by atoms with E-state index < -0.39 is 0 Å². The molecule has 1 N–H and O–H groups in total. The summed E-state index contributed by atoms with van der Waals surface area (Å²) < 4.78 is 0. The van der Waals surface area contributed by atoms with E-state index in [0.717, 1.165) is 31.0 Å². The lowest BCUT2D eigenvalue weighted by atomic mass is 10.2. The first-order chi connectivity index (χ1) is 12.0. The lowest BCUT2D eigenvalue weighted by molar-refractivity contribution is 0.163.